The van der Waals surface area contributed by atoms with E-state index in [4.69, 9.17) is 42.7 Å². The monoisotopic (exact) mass is 544 g/mol. The summed E-state index contributed by atoms with van der Waals surface area (Å²) in [6.45, 7) is 1.35. The lowest BCUT2D eigenvalue weighted by molar-refractivity contribution is -0.153. The lowest BCUT2D eigenvalue weighted by Crippen LogP contribution is -2.31. The van der Waals surface area contributed by atoms with E-state index in [-0.39, 0.29) is 37.4 Å². The van der Waals surface area contributed by atoms with Gasteiger partial charge in [-0.2, -0.15) is 0 Å². The standard InChI is InChI=1S/C23H31BClO8PS/c1-4-18-20(12-22(24)31-18)33-34(28,35-17-8-6-16(25)7-9-17)29-13-21-19(11-15(3)30-21)32-23(27)10-5-14(2)26/h6-9,15,18-22H,4-5,10-13H2,1-3H3. The summed E-state index contributed by atoms with van der Waals surface area (Å²) in [7, 11) is 5.93. The second kappa shape index (κ2) is 13.1. The van der Waals surface area contributed by atoms with E-state index in [1.165, 1.54) is 6.92 Å². The third kappa shape index (κ3) is 8.88. The normalized spacial score (nSPS) is 30.2. The van der Waals surface area contributed by atoms with Crippen LogP contribution in [0.2, 0.25) is 5.02 Å². The predicted octanol–water partition coefficient (Wildman–Crippen LogP) is 5.09. The molecule has 0 aliphatic carbocycles. The highest BCUT2D eigenvalue weighted by Crippen LogP contribution is 2.65. The van der Waals surface area contributed by atoms with E-state index >= 15 is 0 Å². The first-order valence-corrected chi connectivity index (χ1v) is 15.0. The van der Waals surface area contributed by atoms with Crippen molar-refractivity contribution in [2.45, 2.75) is 94.3 Å². The number of benzene rings is 1. The van der Waals surface area contributed by atoms with Crippen LogP contribution in [0.3, 0.4) is 0 Å². The van der Waals surface area contributed by atoms with Crippen molar-refractivity contribution in [1.29, 1.82) is 0 Å². The summed E-state index contributed by atoms with van der Waals surface area (Å²) in [5.74, 6) is -0.568. The molecule has 1 aromatic rings. The highest BCUT2D eigenvalue weighted by atomic mass is 35.5. The minimum atomic E-state index is -3.77. The number of carbonyl (C=O) groups excluding carboxylic acids is 2. The van der Waals surface area contributed by atoms with Crippen LogP contribution in [0.25, 0.3) is 0 Å². The summed E-state index contributed by atoms with van der Waals surface area (Å²) in [5, 5.41) is 0.551. The molecule has 7 unspecified atom stereocenters. The van der Waals surface area contributed by atoms with Crippen LogP contribution in [-0.4, -0.2) is 62.7 Å². The van der Waals surface area contributed by atoms with Crippen molar-refractivity contribution in [2.75, 3.05) is 6.61 Å². The molecule has 35 heavy (non-hydrogen) atoms. The maximum Gasteiger partial charge on any atom is 0.394 e. The highest BCUT2D eigenvalue weighted by Gasteiger charge is 2.42. The van der Waals surface area contributed by atoms with Crippen LogP contribution >= 0.6 is 29.8 Å². The molecule has 2 heterocycles. The average Bonchev–Trinajstić information content (AvgIpc) is 3.32. The number of ether oxygens (including phenoxy) is 3. The first kappa shape index (κ1) is 28.7. The number of esters is 1. The summed E-state index contributed by atoms with van der Waals surface area (Å²) in [6.07, 6.45) is -0.553. The van der Waals surface area contributed by atoms with Crippen LogP contribution in [0.15, 0.2) is 29.2 Å². The largest absolute Gasteiger partial charge is 0.459 e. The lowest BCUT2D eigenvalue weighted by atomic mass is 9.96. The summed E-state index contributed by atoms with van der Waals surface area (Å²) < 4.78 is 42.9. The zero-order valence-corrected chi connectivity index (χ0v) is 22.6. The second-order valence-electron chi connectivity index (χ2n) is 8.74. The van der Waals surface area contributed by atoms with Crippen LogP contribution in [0.4, 0.5) is 0 Å². The van der Waals surface area contributed by atoms with E-state index in [0.29, 0.717) is 29.2 Å². The van der Waals surface area contributed by atoms with Gasteiger partial charge < -0.3 is 19.0 Å². The van der Waals surface area contributed by atoms with Gasteiger partial charge in [0.05, 0.1) is 31.3 Å². The quantitative estimate of drug-likeness (QED) is 0.202. The molecule has 0 aromatic heterocycles. The van der Waals surface area contributed by atoms with E-state index in [1.807, 2.05) is 13.8 Å². The van der Waals surface area contributed by atoms with E-state index in [0.717, 1.165) is 11.4 Å². The minimum absolute atomic E-state index is 0.00214. The van der Waals surface area contributed by atoms with Crippen molar-refractivity contribution < 1.29 is 37.4 Å². The summed E-state index contributed by atoms with van der Waals surface area (Å²) in [5.41, 5.74) is 0. The van der Waals surface area contributed by atoms with Crippen molar-refractivity contribution in [3.63, 3.8) is 0 Å². The van der Waals surface area contributed by atoms with Gasteiger partial charge in [-0.3, -0.25) is 13.8 Å². The number of hydrogen-bond acceptors (Lipinski definition) is 9. The number of Topliss-reactive ketones (excluding diaryl/α,β-unsaturated/α-hetero) is 1. The van der Waals surface area contributed by atoms with E-state index in [1.54, 1.807) is 24.3 Å². The molecule has 2 saturated heterocycles. The van der Waals surface area contributed by atoms with Crippen molar-refractivity contribution in [2.24, 2.45) is 0 Å². The van der Waals surface area contributed by atoms with Crippen LogP contribution in [0.5, 0.6) is 0 Å². The Labute approximate surface area is 216 Å². The smallest absolute Gasteiger partial charge is 0.394 e. The Bertz CT molecular complexity index is 919. The fourth-order valence-corrected chi connectivity index (χ4v) is 7.57. The minimum Gasteiger partial charge on any atom is -0.459 e. The summed E-state index contributed by atoms with van der Waals surface area (Å²) in [6, 6.07) is 6.34. The Morgan fingerprint density at radius 3 is 2.51 bits per heavy atom. The molecule has 7 atom stereocenters. The Morgan fingerprint density at radius 1 is 1.14 bits per heavy atom. The summed E-state index contributed by atoms with van der Waals surface area (Å²) in [4.78, 5) is 24.0. The molecule has 2 radical (unpaired) electrons. The van der Waals surface area contributed by atoms with Crippen molar-refractivity contribution >= 4 is 49.4 Å². The fraction of sp³-hybridized carbons (Fsp3) is 0.652. The molecular formula is C23H31BClO8PS. The predicted molar refractivity (Wildman–Crippen MR) is 134 cm³/mol. The van der Waals surface area contributed by atoms with E-state index < -0.39 is 37.1 Å². The van der Waals surface area contributed by atoms with Gasteiger partial charge >= 0.3 is 12.8 Å². The zero-order valence-electron chi connectivity index (χ0n) is 20.1. The molecule has 12 heteroatoms. The SMILES string of the molecule is [B]C1CC(OP(=O)(OCC2OC(C)CC2OC(=O)CCC(C)=O)Sc2ccc(Cl)cc2)C(CC)O1. The van der Waals surface area contributed by atoms with Gasteiger partial charge in [0.15, 0.2) is 0 Å². The molecule has 1 aromatic carbocycles. The molecule has 192 valence electrons. The molecule has 2 fully saturated rings. The van der Waals surface area contributed by atoms with Gasteiger partial charge in [0.25, 0.3) is 0 Å². The molecule has 0 N–H and O–H groups in total. The van der Waals surface area contributed by atoms with Crippen LogP contribution in [0.1, 0.15) is 52.9 Å². The maximum atomic E-state index is 13.9. The Hall–Kier alpha value is -0.865. The zero-order chi connectivity index (χ0) is 25.6. The number of halogens is 1. The molecular weight excluding hydrogens is 514 g/mol. The first-order valence-electron chi connectivity index (χ1n) is 11.7. The number of rotatable bonds is 12. The van der Waals surface area contributed by atoms with Gasteiger partial charge in [0.1, 0.15) is 25.8 Å². The van der Waals surface area contributed by atoms with Crippen LogP contribution < -0.4 is 0 Å². The molecule has 0 spiro atoms. The van der Waals surface area contributed by atoms with Gasteiger partial charge in [-0.15, -0.1) is 0 Å². The Kier molecular flexibility index (Phi) is 10.7. The van der Waals surface area contributed by atoms with Gasteiger partial charge in [-0.1, -0.05) is 18.5 Å². The number of ketones is 1. The molecule has 3 rings (SSSR count). The van der Waals surface area contributed by atoms with Crippen molar-refractivity contribution in [1.82, 2.24) is 0 Å². The van der Waals surface area contributed by atoms with Crippen molar-refractivity contribution in [3.05, 3.63) is 29.3 Å². The number of carbonyl (C=O) groups is 2. The van der Waals surface area contributed by atoms with E-state index in [9.17, 15) is 14.2 Å². The van der Waals surface area contributed by atoms with Gasteiger partial charge in [-0.05, 0) is 62.3 Å². The molecule has 2 aliphatic rings. The maximum absolute atomic E-state index is 13.9. The fourth-order valence-electron chi connectivity index (χ4n) is 3.95. The van der Waals surface area contributed by atoms with Crippen LogP contribution in [0, 0.1) is 0 Å². The Morgan fingerprint density at radius 2 is 1.86 bits per heavy atom. The third-order valence-electron chi connectivity index (χ3n) is 5.67. The second-order valence-corrected chi connectivity index (χ2v) is 13.1. The van der Waals surface area contributed by atoms with Gasteiger partial charge in [-0.25, -0.2) is 4.57 Å². The third-order valence-corrected chi connectivity index (χ3v) is 9.50. The molecule has 2 aliphatic heterocycles. The molecule has 0 bridgehead atoms. The number of hydrogen-bond donors (Lipinski definition) is 0. The van der Waals surface area contributed by atoms with Gasteiger partial charge in [0, 0.05) is 28.8 Å². The van der Waals surface area contributed by atoms with E-state index in [2.05, 4.69) is 0 Å². The van der Waals surface area contributed by atoms with Crippen molar-refractivity contribution in [3.8, 4) is 0 Å². The highest BCUT2D eigenvalue weighted by molar-refractivity contribution is 8.55. The molecule has 0 amide bonds. The first-order chi connectivity index (χ1) is 16.6. The average molecular weight is 545 g/mol. The molecule has 0 saturated carbocycles. The Balaban J connectivity index is 1.69. The topological polar surface area (TPSA) is 97.4 Å². The molecule has 8 nitrogen and oxygen atoms in total. The van der Waals surface area contributed by atoms with Gasteiger partial charge in [0.2, 0.25) is 0 Å². The van der Waals surface area contributed by atoms with Crippen LogP contribution in [-0.2, 0) is 37.4 Å². The lowest BCUT2D eigenvalue weighted by Gasteiger charge is -2.26. The summed E-state index contributed by atoms with van der Waals surface area (Å²) >= 11 is 6.95.